The van der Waals surface area contributed by atoms with E-state index in [-0.39, 0.29) is 6.04 Å². The van der Waals surface area contributed by atoms with Crippen molar-refractivity contribution in [3.63, 3.8) is 0 Å². The summed E-state index contributed by atoms with van der Waals surface area (Å²) in [5.74, 6) is 2.25. The van der Waals surface area contributed by atoms with E-state index in [1.165, 1.54) is 32.1 Å². The summed E-state index contributed by atoms with van der Waals surface area (Å²) in [6.45, 7) is 6.22. The van der Waals surface area contributed by atoms with Crippen LogP contribution in [0.1, 0.15) is 71.6 Å². The van der Waals surface area contributed by atoms with Gasteiger partial charge in [-0.2, -0.15) is 0 Å². The molecule has 3 nitrogen and oxygen atoms in total. The molecule has 1 aliphatic heterocycles. The number of nitrogens with zero attached hydrogens (tertiary/aromatic N) is 1. The van der Waals surface area contributed by atoms with Gasteiger partial charge in [-0.05, 0) is 57.3 Å². The second kappa shape index (κ2) is 8.17. The molecular formula is C18H34N2O. The smallest absolute Gasteiger partial charge is 0.225 e. The van der Waals surface area contributed by atoms with Crippen molar-refractivity contribution in [2.24, 2.45) is 23.5 Å². The van der Waals surface area contributed by atoms with Crippen molar-refractivity contribution in [3.05, 3.63) is 0 Å². The number of likely N-dealkylation sites (tertiary alicyclic amines) is 1. The van der Waals surface area contributed by atoms with Crippen molar-refractivity contribution >= 4 is 5.91 Å². The molecule has 2 rings (SSSR count). The first-order chi connectivity index (χ1) is 10.1. The highest BCUT2D eigenvalue weighted by Crippen LogP contribution is 2.33. The van der Waals surface area contributed by atoms with Crippen LogP contribution in [0.3, 0.4) is 0 Å². The minimum atomic E-state index is 0.274. The average Bonchev–Trinajstić information content (AvgIpc) is 2.53. The second-order valence-electron chi connectivity index (χ2n) is 7.38. The van der Waals surface area contributed by atoms with Crippen LogP contribution in [0.25, 0.3) is 0 Å². The summed E-state index contributed by atoms with van der Waals surface area (Å²) in [7, 11) is 0. The normalized spacial score (nSPS) is 29.4. The summed E-state index contributed by atoms with van der Waals surface area (Å²) in [4.78, 5) is 14.8. The molecule has 21 heavy (non-hydrogen) atoms. The molecule has 1 unspecified atom stereocenters. The first-order valence-corrected chi connectivity index (χ1v) is 9.16. The summed E-state index contributed by atoms with van der Waals surface area (Å²) in [5.41, 5.74) is 5.98. The maximum Gasteiger partial charge on any atom is 0.225 e. The van der Waals surface area contributed by atoms with Crippen LogP contribution in [0.2, 0.25) is 0 Å². The monoisotopic (exact) mass is 294 g/mol. The van der Waals surface area contributed by atoms with Gasteiger partial charge in [0.05, 0.1) is 0 Å². The van der Waals surface area contributed by atoms with Gasteiger partial charge in [0.25, 0.3) is 0 Å². The van der Waals surface area contributed by atoms with Gasteiger partial charge in [0, 0.05) is 25.0 Å². The van der Waals surface area contributed by atoms with Gasteiger partial charge in [0.15, 0.2) is 0 Å². The summed E-state index contributed by atoms with van der Waals surface area (Å²) >= 11 is 0. The maximum atomic E-state index is 12.6. The first kappa shape index (κ1) is 16.8. The largest absolute Gasteiger partial charge is 0.342 e. The van der Waals surface area contributed by atoms with E-state index in [9.17, 15) is 4.79 Å². The molecule has 0 aromatic carbocycles. The van der Waals surface area contributed by atoms with Gasteiger partial charge in [-0.15, -0.1) is 0 Å². The molecule has 0 spiro atoms. The lowest BCUT2D eigenvalue weighted by Gasteiger charge is -2.37. The Balaban J connectivity index is 1.73. The van der Waals surface area contributed by atoms with Crippen LogP contribution in [0.15, 0.2) is 0 Å². The van der Waals surface area contributed by atoms with Crippen LogP contribution < -0.4 is 5.73 Å². The molecule has 0 aromatic rings. The third-order valence-electron chi connectivity index (χ3n) is 5.76. The van der Waals surface area contributed by atoms with Gasteiger partial charge in [0.1, 0.15) is 0 Å². The van der Waals surface area contributed by atoms with Crippen molar-refractivity contribution in [3.8, 4) is 0 Å². The zero-order chi connectivity index (χ0) is 15.2. The summed E-state index contributed by atoms with van der Waals surface area (Å²) in [6.07, 6.45) is 11.0. The van der Waals surface area contributed by atoms with Gasteiger partial charge >= 0.3 is 0 Å². The number of hydrogen-bond donors (Lipinski definition) is 1. The predicted molar refractivity (Wildman–Crippen MR) is 87.9 cm³/mol. The molecule has 1 saturated carbocycles. The van der Waals surface area contributed by atoms with Gasteiger partial charge in [-0.3, -0.25) is 4.79 Å². The summed E-state index contributed by atoms with van der Waals surface area (Å²) in [6, 6.07) is 0.274. The van der Waals surface area contributed by atoms with E-state index in [2.05, 4.69) is 18.7 Å². The van der Waals surface area contributed by atoms with Crippen LogP contribution in [-0.2, 0) is 4.79 Å². The standard InChI is InChI=1S/C18H34N2O/c1-3-4-5-15-6-8-17(9-7-15)18(21)20-12-10-16(11-13-20)14(2)19/h14-17H,3-13,19H2,1-2H3. The minimum absolute atomic E-state index is 0.274. The van der Waals surface area contributed by atoms with Crippen LogP contribution >= 0.6 is 0 Å². The number of carbonyl (C=O) groups excluding carboxylic acids is 1. The Kier molecular flexibility index (Phi) is 6.53. The quantitative estimate of drug-likeness (QED) is 0.842. The molecule has 2 N–H and O–H groups in total. The number of rotatable bonds is 5. The number of hydrogen-bond acceptors (Lipinski definition) is 2. The van der Waals surface area contributed by atoms with Crippen LogP contribution in [0, 0.1) is 17.8 Å². The van der Waals surface area contributed by atoms with Crippen molar-refractivity contribution < 1.29 is 4.79 Å². The lowest BCUT2D eigenvalue weighted by atomic mass is 9.79. The van der Waals surface area contributed by atoms with Gasteiger partial charge in [-0.1, -0.05) is 26.2 Å². The molecule has 0 radical (unpaired) electrons. The summed E-state index contributed by atoms with van der Waals surface area (Å²) in [5, 5.41) is 0. The van der Waals surface area contributed by atoms with Crippen molar-refractivity contribution in [1.82, 2.24) is 4.90 Å². The average molecular weight is 294 g/mol. The lowest BCUT2D eigenvalue weighted by molar-refractivity contribution is -0.138. The van der Waals surface area contributed by atoms with E-state index in [1.54, 1.807) is 0 Å². The first-order valence-electron chi connectivity index (χ1n) is 9.16. The Morgan fingerprint density at radius 2 is 1.76 bits per heavy atom. The highest BCUT2D eigenvalue weighted by molar-refractivity contribution is 5.79. The Morgan fingerprint density at radius 1 is 1.14 bits per heavy atom. The molecule has 1 heterocycles. The zero-order valence-electron chi connectivity index (χ0n) is 14.0. The number of unbranched alkanes of at least 4 members (excludes halogenated alkanes) is 1. The van der Waals surface area contributed by atoms with Gasteiger partial charge < -0.3 is 10.6 Å². The fraction of sp³-hybridized carbons (Fsp3) is 0.944. The van der Waals surface area contributed by atoms with Crippen LogP contribution in [-0.4, -0.2) is 29.9 Å². The zero-order valence-corrected chi connectivity index (χ0v) is 14.0. The molecular weight excluding hydrogens is 260 g/mol. The molecule has 2 aliphatic rings. The van der Waals surface area contributed by atoms with Crippen molar-refractivity contribution in [2.75, 3.05) is 13.1 Å². The molecule has 1 atom stereocenters. The third kappa shape index (κ3) is 4.70. The van der Waals surface area contributed by atoms with Crippen LogP contribution in [0.5, 0.6) is 0 Å². The lowest BCUT2D eigenvalue weighted by Crippen LogP contribution is -2.45. The highest BCUT2D eigenvalue weighted by atomic mass is 16.2. The van der Waals surface area contributed by atoms with Crippen LogP contribution in [0.4, 0.5) is 0 Å². The van der Waals surface area contributed by atoms with E-state index in [0.29, 0.717) is 17.7 Å². The van der Waals surface area contributed by atoms with Gasteiger partial charge in [0.2, 0.25) is 5.91 Å². The molecule has 1 amide bonds. The maximum absolute atomic E-state index is 12.6. The number of nitrogens with two attached hydrogens (primary N) is 1. The van der Waals surface area contributed by atoms with E-state index in [0.717, 1.165) is 44.7 Å². The van der Waals surface area contributed by atoms with Crippen molar-refractivity contribution in [2.45, 2.75) is 77.7 Å². The van der Waals surface area contributed by atoms with Crippen molar-refractivity contribution in [1.29, 1.82) is 0 Å². The van der Waals surface area contributed by atoms with E-state index in [1.807, 2.05) is 0 Å². The second-order valence-corrected chi connectivity index (χ2v) is 7.38. The number of piperidine rings is 1. The SMILES string of the molecule is CCCCC1CCC(C(=O)N2CCC(C(C)N)CC2)CC1. The molecule has 2 fully saturated rings. The fourth-order valence-corrected chi connectivity index (χ4v) is 4.09. The number of carbonyl (C=O) groups is 1. The minimum Gasteiger partial charge on any atom is -0.342 e. The Bertz CT molecular complexity index is 313. The van der Waals surface area contributed by atoms with E-state index >= 15 is 0 Å². The molecule has 0 bridgehead atoms. The number of amides is 1. The highest BCUT2D eigenvalue weighted by Gasteiger charge is 2.31. The molecule has 1 saturated heterocycles. The Morgan fingerprint density at radius 3 is 2.29 bits per heavy atom. The molecule has 3 heteroatoms. The van der Waals surface area contributed by atoms with E-state index in [4.69, 9.17) is 5.73 Å². The topological polar surface area (TPSA) is 46.3 Å². The van der Waals surface area contributed by atoms with E-state index < -0.39 is 0 Å². The Labute approximate surface area is 130 Å². The third-order valence-corrected chi connectivity index (χ3v) is 5.76. The van der Waals surface area contributed by atoms with Gasteiger partial charge in [-0.25, -0.2) is 0 Å². The molecule has 0 aromatic heterocycles. The fourth-order valence-electron chi connectivity index (χ4n) is 4.09. The molecule has 1 aliphatic carbocycles. The summed E-state index contributed by atoms with van der Waals surface area (Å²) < 4.78 is 0. The molecule has 122 valence electrons. The predicted octanol–water partition coefficient (Wildman–Crippen LogP) is 3.57. The Hall–Kier alpha value is -0.570.